The zero-order valence-corrected chi connectivity index (χ0v) is 10.6. The van der Waals surface area contributed by atoms with Gasteiger partial charge >= 0.3 is 6.18 Å². The van der Waals surface area contributed by atoms with Crippen LogP contribution in [0.2, 0.25) is 0 Å². The first kappa shape index (κ1) is 16.3. The van der Waals surface area contributed by atoms with Crippen LogP contribution in [0.3, 0.4) is 0 Å². The minimum Gasteiger partial charge on any atom is -0.324 e. The molecule has 1 aromatic carbocycles. The number of hydrogen-bond donors (Lipinski definition) is 1. The number of benzene rings is 1. The van der Waals surface area contributed by atoms with Gasteiger partial charge in [0.15, 0.2) is 0 Å². The van der Waals surface area contributed by atoms with E-state index in [0.29, 0.717) is 0 Å². The average molecular weight is 268 g/mol. The molecule has 17 heavy (non-hydrogen) atoms. The highest BCUT2D eigenvalue weighted by Gasteiger charge is 2.30. The highest BCUT2D eigenvalue weighted by molar-refractivity contribution is 5.85. The van der Waals surface area contributed by atoms with Gasteiger partial charge in [0, 0.05) is 6.04 Å². The van der Waals surface area contributed by atoms with Crippen molar-refractivity contribution in [3.8, 4) is 0 Å². The fourth-order valence-corrected chi connectivity index (χ4v) is 1.48. The predicted molar refractivity (Wildman–Crippen MR) is 65.1 cm³/mol. The van der Waals surface area contributed by atoms with Crippen molar-refractivity contribution in [2.24, 2.45) is 11.7 Å². The minimum absolute atomic E-state index is 0. The first-order valence-corrected chi connectivity index (χ1v) is 5.29. The van der Waals surface area contributed by atoms with E-state index >= 15 is 0 Å². The van der Waals surface area contributed by atoms with Crippen LogP contribution in [0.4, 0.5) is 13.2 Å². The Labute approximate surface area is 106 Å². The van der Waals surface area contributed by atoms with Gasteiger partial charge in [-0.3, -0.25) is 0 Å². The zero-order chi connectivity index (χ0) is 12.3. The summed E-state index contributed by atoms with van der Waals surface area (Å²) < 4.78 is 36.9. The molecule has 0 radical (unpaired) electrons. The molecule has 0 heterocycles. The third-order valence-electron chi connectivity index (χ3n) is 2.88. The van der Waals surface area contributed by atoms with E-state index in [4.69, 9.17) is 5.73 Å². The Kier molecular flexibility index (Phi) is 5.99. The molecule has 0 amide bonds. The van der Waals surface area contributed by atoms with Crippen LogP contribution in [0.15, 0.2) is 24.3 Å². The molecule has 2 atom stereocenters. The third kappa shape index (κ3) is 4.21. The van der Waals surface area contributed by atoms with Crippen molar-refractivity contribution >= 4 is 12.4 Å². The van der Waals surface area contributed by atoms with Crippen LogP contribution in [0, 0.1) is 5.92 Å². The molecule has 2 N–H and O–H groups in total. The Bertz CT molecular complexity index is 335. The lowest BCUT2D eigenvalue weighted by molar-refractivity contribution is -0.137. The second-order valence-electron chi connectivity index (χ2n) is 4.03. The maximum atomic E-state index is 12.3. The fourth-order valence-electron chi connectivity index (χ4n) is 1.48. The molecule has 0 saturated heterocycles. The lowest BCUT2D eigenvalue weighted by Crippen LogP contribution is -2.18. The summed E-state index contributed by atoms with van der Waals surface area (Å²) in [6.07, 6.45) is -3.37. The van der Waals surface area contributed by atoms with Crippen molar-refractivity contribution in [2.75, 3.05) is 0 Å². The topological polar surface area (TPSA) is 26.0 Å². The van der Waals surface area contributed by atoms with Gasteiger partial charge in [-0.05, 0) is 23.6 Å². The summed E-state index contributed by atoms with van der Waals surface area (Å²) in [6, 6.07) is 4.88. The number of alkyl halides is 3. The molecule has 0 aromatic heterocycles. The predicted octanol–water partition coefficient (Wildman–Crippen LogP) is 4.17. The molecule has 0 spiro atoms. The fraction of sp³-hybridized carbons (Fsp3) is 0.500. The van der Waals surface area contributed by atoms with E-state index in [1.54, 1.807) is 0 Å². The van der Waals surface area contributed by atoms with Crippen molar-refractivity contribution in [3.63, 3.8) is 0 Å². The van der Waals surface area contributed by atoms with Crippen LogP contribution in [0.25, 0.3) is 0 Å². The highest BCUT2D eigenvalue weighted by Crippen LogP contribution is 2.30. The molecule has 0 bridgehead atoms. The summed E-state index contributed by atoms with van der Waals surface area (Å²) in [5.74, 6) is 0.261. The van der Waals surface area contributed by atoms with Gasteiger partial charge in [0.1, 0.15) is 0 Å². The van der Waals surface area contributed by atoms with E-state index in [9.17, 15) is 13.2 Å². The van der Waals surface area contributed by atoms with Crippen molar-refractivity contribution < 1.29 is 13.2 Å². The smallest absolute Gasteiger partial charge is 0.324 e. The van der Waals surface area contributed by atoms with Gasteiger partial charge in [0.25, 0.3) is 0 Å². The molecule has 1 unspecified atom stereocenters. The van der Waals surface area contributed by atoms with Crippen LogP contribution in [-0.2, 0) is 6.18 Å². The van der Waals surface area contributed by atoms with Gasteiger partial charge < -0.3 is 5.73 Å². The van der Waals surface area contributed by atoms with Crippen LogP contribution in [-0.4, -0.2) is 0 Å². The van der Waals surface area contributed by atoms with E-state index in [1.165, 1.54) is 12.1 Å². The Morgan fingerprint density at radius 3 is 2.00 bits per heavy atom. The van der Waals surface area contributed by atoms with Crippen LogP contribution < -0.4 is 5.73 Å². The first-order valence-electron chi connectivity index (χ1n) is 5.29. The summed E-state index contributed by atoms with van der Waals surface area (Å²) in [5, 5.41) is 0. The Balaban J connectivity index is 0.00000256. The average Bonchev–Trinajstić information content (AvgIpc) is 2.26. The van der Waals surface area contributed by atoms with E-state index in [0.717, 1.165) is 24.1 Å². The Morgan fingerprint density at radius 2 is 1.65 bits per heavy atom. The summed E-state index contributed by atoms with van der Waals surface area (Å²) in [5.41, 5.74) is 6.05. The summed E-state index contributed by atoms with van der Waals surface area (Å²) >= 11 is 0. The molecule has 0 aliphatic heterocycles. The Morgan fingerprint density at radius 1 is 1.18 bits per heavy atom. The van der Waals surface area contributed by atoms with E-state index in [-0.39, 0.29) is 24.4 Å². The van der Waals surface area contributed by atoms with E-state index in [1.807, 2.05) is 13.8 Å². The quantitative estimate of drug-likeness (QED) is 0.874. The van der Waals surface area contributed by atoms with Gasteiger partial charge in [0.05, 0.1) is 5.56 Å². The molecule has 0 fully saturated rings. The van der Waals surface area contributed by atoms with E-state index in [2.05, 4.69) is 0 Å². The maximum Gasteiger partial charge on any atom is 0.416 e. The standard InChI is InChI=1S/C12H16F3N.ClH/c1-3-8(2)11(16)9-4-6-10(7-5-9)12(13,14)15;/h4-8,11H,3,16H2,1-2H3;1H/t8?,11-;/m1./s1. The number of rotatable bonds is 3. The molecule has 1 aromatic rings. The van der Waals surface area contributed by atoms with Gasteiger partial charge in [-0.15, -0.1) is 12.4 Å². The van der Waals surface area contributed by atoms with Crippen LogP contribution >= 0.6 is 12.4 Å². The van der Waals surface area contributed by atoms with Crippen molar-refractivity contribution in [3.05, 3.63) is 35.4 Å². The lowest BCUT2D eigenvalue weighted by Gasteiger charge is -2.19. The normalized spacial score (nSPS) is 14.9. The second-order valence-corrected chi connectivity index (χ2v) is 4.03. The van der Waals surface area contributed by atoms with Crippen molar-refractivity contribution in [1.82, 2.24) is 0 Å². The van der Waals surface area contributed by atoms with Crippen molar-refractivity contribution in [2.45, 2.75) is 32.5 Å². The van der Waals surface area contributed by atoms with Crippen LogP contribution in [0.5, 0.6) is 0 Å². The number of halogens is 4. The van der Waals surface area contributed by atoms with Gasteiger partial charge in [0.2, 0.25) is 0 Å². The number of hydrogen-bond acceptors (Lipinski definition) is 1. The number of nitrogens with two attached hydrogens (primary N) is 1. The van der Waals surface area contributed by atoms with Crippen molar-refractivity contribution in [1.29, 1.82) is 0 Å². The highest BCUT2D eigenvalue weighted by atomic mass is 35.5. The summed E-state index contributed by atoms with van der Waals surface area (Å²) in [6.45, 7) is 4.00. The van der Waals surface area contributed by atoms with Gasteiger partial charge in [-0.2, -0.15) is 13.2 Å². The monoisotopic (exact) mass is 267 g/mol. The molecule has 1 rings (SSSR count). The molecule has 0 aliphatic carbocycles. The third-order valence-corrected chi connectivity index (χ3v) is 2.88. The lowest BCUT2D eigenvalue weighted by atomic mass is 9.93. The van der Waals surface area contributed by atoms with Gasteiger partial charge in [-0.25, -0.2) is 0 Å². The maximum absolute atomic E-state index is 12.3. The molecule has 0 aliphatic rings. The molecular weight excluding hydrogens is 251 g/mol. The Hall–Kier alpha value is -0.740. The summed E-state index contributed by atoms with van der Waals surface area (Å²) in [7, 11) is 0. The minimum atomic E-state index is -4.28. The first-order chi connectivity index (χ1) is 7.36. The molecule has 0 saturated carbocycles. The SMILES string of the molecule is CCC(C)[C@@H](N)c1ccc(C(F)(F)F)cc1.Cl. The molecule has 5 heteroatoms. The summed E-state index contributed by atoms with van der Waals surface area (Å²) in [4.78, 5) is 0. The largest absolute Gasteiger partial charge is 0.416 e. The molecule has 98 valence electrons. The zero-order valence-electron chi connectivity index (χ0n) is 9.79. The van der Waals surface area contributed by atoms with Gasteiger partial charge in [-0.1, -0.05) is 32.4 Å². The molecule has 1 nitrogen and oxygen atoms in total. The molecular formula is C12H17ClF3N. The van der Waals surface area contributed by atoms with Crippen LogP contribution in [0.1, 0.15) is 37.4 Å². The van der Waals surface area contributed by atoms with E-state index < -0.39 is 11.7 Å². The second kappa shape index (κ2) is 6.26.